The fourth-order valence-corrected chi connectivity index (χ4v) is 5.70. The number of hydrogen-bond acceptors (Lipinski definition) is 5. The highest BCUT2D eigenvalue weighted by Crippen LogP contribution is 2.44. The van der Waals surface area contributed by atoms with Crippen LogP contribution >= 0.6 is 0 Å². The van der Waals surface area contributed by atoms with Gasteiger partial charge < -0.3 is 24.8 Å². The van der Waals surface area contributed by atoms with E-state index in [2.05, 4.69) is 41.3 Å². The number of carbonyl (C=O) groups is 3. The number of ether oxygens (including phenoxy) is 1. The Morgan fingerprint density at radius 2 is 1.79 bits per heavy atom. The Hall–Kier alpha value is -3.13. The summed E-state index contributed by atoms with van der Waals surface area (Å²) in [4.78, 5) is 37.8. The first-order valence-corrected chi connectivity index (χ1v) is 12.0. The van der Waals surface area contributed by atoms with Crippen LogP contribution in [0, 0.1) is 5.92 Å². The first-order valence-electron chi connectivity index (χ1n) is 12.0. The van der Waals surface area contributed by atoms with Crippen LogP contribution in [0.5, 0.6) is 0 Å². The Kier molecular flexibility index (Phi) is 7.36. The largest absolute Gasteiger partial charge is 0.478 e. The van der Waals surface area contributed by atoms with Crippen molar-refractivity contribution in [1.29, 1.82) is 0 Å². The van der Waals surface area contributed by atoms with Crippen molar-refractivity contribution in [3.8, 4) is 0 Å². The zero-order valence-electron chi connectivity index (χ0n) is 19.4. The van der Waals surface area contributed by atoms with Crippen molar-refractivity contribution < 1.29 is 29.3 Å². The van der Waals surface area contributed by atoms with Gasteiger partial charge >= 0.3 is 17.9 Å². The highest BCUT2D eigenvalue weighted by molar-refractivity contribution is 5.90. The lowest BCUT2D eigenvalue weighted by molar-refractivity contribution is -0.158. The summed E-state index contributed by atoms with van der Waals surface area (Å²) in [6.45, 7) is 0.822. The molecule has 2 heterocycles. The molecule has 2 unspecified atom stereocenters. The maximum atomic E-state index is 12.9. The number of benzene rings is 1. The molecular formula is C26H32N2O6. The second kappa shape index (κ2) is 10.4. The number of nitrogens with one attached hydrogen (secondary N) is 1. The average molecular weight is 469 g/mol. The van der Waals surface area contributed by atoms with E-state index < -0.39 is 11.9 Å². The number of piperidine rings is 1. The Balaban J connectivity index is 0.000000297. The number of carbonyl (C=O) groups excluding carboxylic acids is 1. The van der Waals surface area contributed by atoms with Crippen molar-refractivity contribution in [2.45, 2.75) is 63.0 Å². The van der Waals surface area contributed by atoms with E-state index in [1.165, 1.54) is 41.3 Å². The van der Waals surface area contributed by atoms with E-state index >= 15 is 0 Å². The maximum absolute atomic E-state index is 12.9. The van der Waals surface area contributed by atoms with Gasteiger partial charge in [-0.25, -0.2) is 9.59 Å². The molecule has 3 N–H and O–H groups in total. The van der Waals surface area contributed by atoms with Crippen molar-refractivity contribution in [1.82, 2.24) is 9.88 Å². The van der Waals surface area contributed by atoms with E-state index in [4.69, 9.17) is 14.9 Å². The Morgan fingerprint density at radius 3 is 2.47 bits per heavy atom. The molecule has 1 saturated carbocycles. The fraction of sp³-hybridized carbons (Fsp3) is 0.500. The van der Waals surface area contributed by atoms with Crippen molar-refractivity contribution in [3.05, 3.63) is 47.7 Å². The lowest BCUT2D eigenvalue weighted by atomic mass is 9.72. The summed E-state index contributed by atoms with van der Waals surface area (Å²) < 4.78 is 5.91. The molecule has 2 aromatic rings. The summed E-state index contributed by atoms with van der Waals surface area (Å²) >= 11 is 0. The lowest BCUT2D eigenvalue weighted by Crippen LogP contribution is -2.50. The van der Waals surface area contributed by atoms with E-state index in [9.17, 15) is 14.4 Å². The molecule has 8 nitrogen and oxygen atoms in total. The molecule has 0 spiro atoms. The molecule has 2 aliphatic carbocycles. The van der Waals surface area contributed by atoms with Crippen LogP contribution in [0.4, 0.5) is 0 Å². The van der Waals surface area contributed by atoms with Crippen LogP contribution < -0.4 is 0 Å². The highest BCUT2D eigenvalue weighted by Gasteiger charge is 2.42. The van der Waals surface area contributed by atoms with E-state index in [1.807, 2.05) is 0 Å². The van der Waals surface area contributed by atoms with Gasteiger partial charge in [0.2, 0.25) is 0 Å². The number of carboxylic acid groups (broad SMARTS) is 2. The minimum Gasteiger partial charge on any atom is -0.478 e. The fourth-order valence-electron chi connectivity index (χ4n) is 5.70. The predicted molar refractivity (Wildman–Crippen MR) is 127 cm³/mol. The molecule has 0 bridgehead atoms. The van der Waals surface area contributed by atoms with Crippen LogP contribution in [0.15, 0.2) is 36.5 Å². The molecule has 5 rings (SSSR count). The number of likely N-dealkylation sites (N-methyl/N-ethyl adjacent to an activating group) is 1. The second-order valence-corrected chi connectivity index (χ2v) is 9.54. The van der Waals surface area contributed by atoms with Gasteiger partial charge in [0.15, 0.2) is 0 Å². The molecule has 1 saturated heterocycles. The number of carboxylic acids is 2. The van der Waals surface area contributed by atoms with Crippen molar-refractivity contribution in [3.63, 3.8) is 0 Å². The summed E-state index contributed by atoms with van der Waals surface area (Å²) in [7, 11) is 2.18. The van der Waals surface area contributed by atoms with E-state index in [1.54, 1.807) is 0 Å². The average Bonchev–Trinajstić information content (AvgIpc) is 3.23. The van der Waals surface area contributed by atoms with Gasteiger partial charge in [0.05, 0.1) is 5.92 Å². The lowest BCUT2D eigenvalue weighted by Gasteiger charge is -2.45. The zero-order chi connectivity index (χ0) is 24.2. The monoisotopic (exact) mass is 468 g/mol. The molecular weight excluding hydrogens is 436 g/mol. The smallest absolute Gasteiger partial charge is 0.328 e. The number of aromatic nitrogens is 1. The highest BCUT2D eigenvalue weighted by atomic mass is 16.5. The van der Waals surface area contributed by atoms with Crippen LogP contribution in [0.3, 0.4) is 0 Å². The SMILES string of the molecule is CN1C[C@H](C(=O)OC2CCCCC2)CC2c3cccc4[nH]cc(c34)CC21.O=C(O)/C=C\C(=O)O. The summed E-state index contributed by atoms with van der Waals surface area (Å²) in [5.41, 5.74) is 4.06. The number of fused-ring (bicyclic) bond motifs is 2. The third-order valence-electron chi connectivity index (χ3n) is 7.26. The number of H-pyrrole nitrogens is 1. The molecule has 1 aliphatic heterocycles. The second-order valence-electron chi connectivity index (χ2n) is 9.54. The number of esters is 1. The van der Waals surface area contributed by atoms with Crippen LogP contribution in [0.25, 0.3) is 10.9 Å². The van der Waals surface area contributed by atoms with Crippen molar-refractivity contribution >= 4 is 28.8 Å². The van der Waals surface area contributed by atoms with Crippen LogP contribution in [-0.2, 0) is 25.5 Å². The third-order valence-corrected chi connectivity index (χ3v) is 7.26. The van der Waals surface area contributed by atoms with Gasteiger partial charge in [-0.3, -0.25) is 4.79 Å². The van der Waals surface area contributed by atoms with Gasteiger partial charge in [0.1, 0.15) is 6.10 Å². The van der Waals surface area contributed by atoms with E-state index in [0.717, 1.165) is 32.2 Å². The predicted octanol–water partition coefficient (Wildman–Crippen LogP) is 3.72. The number of hydrogen-bond donors (Lipinski definition) is 3. The summed E-state index contributed by atoms with van der Waals surface area (Å²) in [5, 5.41) is 17.0. The molecule has 0 amide bonds. The van der Waals surface area contributed by atoms with Gasteiger partial charge in [-0.05, 0) is 62.8 Å². The number of nitrogens with zero attached hydrogens (tertiary/aromatic N) is 1. The van der Waals surface area contributed by atoms with Crippen LogP contribution in [0.2, 0.25) is 0 Å². The molecule has 1 aromatic heterocycles. The minimum absolute atomic E-state index is 0.000996. The van der Waals surface area contributed by atoms with Gasteiger partial charge in [-0.1, -0.05) is 18.6 Å². The molecule has 34 heavy (non-hydrogen) atoms. The van der Waals surface area contributed by atoms with Crippen molar-refractivity contribution in [2.75, 3.05) is 13.6 Å². The number of aliphatic carboxylic acids is 2. The van der Waals surface area contributed by atoms with Crippen molar-refractivity contribution in [2.24, 2.45) is 5.92 Å². The molecule has 3 aliphatic rings. The number of aromatic amines is 1. The molecule has 0 radical (unpaired) electrons. The summed E-state index contributed by atoms with van der Waals surface area (Å²) in [6, 6.07) is 7.05. The first kappa shape index (κ1) is 24.0. The van der Waals surface area contributed by atoms with Crippen LogP contribution in [-0.4, -0.2) is 63.7 Å². The van der Waals surface area contributed by atoms with E-state index in [-0.39, 0.29) is 18.0 Å². The standard InChI is InChI=1S/C22H28N2O2.C4H4O4/c1-24-13-15(22(25)26-16-6-3-2-4-7-16)10-18-17-8-5-9-19-21(17)14(12-23-19)11-20(18)24;5-3(6)1-2-4(7)8/h5,8-9,12,15-16,18,20,23H,2-4,6-7,10-11,13H2,1H3;1-2H,(H,5,6)(H,7,8)/b;2-1-/t15-,18?,20?;/m1./s1. The number of likely N-dealkylation sites (tertiary alicyclic amines) is 1. The molecule has 3 atom stereocenters. The molecule has 8 heteroatoms. The Bertz CT molecular complexity index is 1070. The number of rotatable bonds is 4. The maximum Gasteiger partial charge on any atom is 0.328 e. The summed E-state index contributed by atoms with van der Waals surface area (Å²) in [5.74, 6) is -2.06. The topological polar surface area (TPSA) is 120 Å². The van der Waals surface area contributed by atoms with Gasteiger partial charge in [-0.2, -0.15) is 0 Å². The third kappa shape index (κ3) is 5.33. The Morgan fingerprint density at radius 1 is 1.09 bits per heavy atom. The van der Waals surface area contributed by atoms with E-state index in [0.29, 0.717) is 24.1 Å². The molecule has 182 valence electrons. The van der Waals surface area contributed by atoms with Gasteiger partial charge in [0, 0.05) is 47.8 Å². The summed E-state index contributed by atoms with van der Waals surface area (Å²) in [6.07, 6.45) is 11.2. The minimum atomic E-state index is -1.26. The Labute approximate surface area is 198 Å². The zero-order valence-corrected chi connectivity index (χ0v) is 19.4. The van der Waals surface area contributed by atoms with Gasteiger partial charge in [-0.15, -0.1) is 0 Å². The quantitative estimate of drug-likeness (QED) is 0.462. The molecule has 1 aromatic carbocycles. The molecule has 2 fully saturated rings. The normalized spacial score (nSPS) is 24.8. The van der Waals surface area contributed by atoms with Gasteiger partial charge in [0.25, 0.3) is 0 Å². The first-order chi connectivity index (χ1) is 16.3. The van der Waals surface area contributed by atoms with Crippen LogP contribution in [0.1, 0.15) is 55.6 Å².